The fourth-order valence-electron chi connectivity index (χ4n) is 3.73. The molecule has 0 bridgehead atoms. The van der Waals surface area contributed by atoms with E-state index < -0.39 is 0 Å². The summed E-state index contributed by atoms with van der Waals surface area (Å²) in [5.74, 6) is -0.0694. The van der Waals surface area contributed by atoms with Crippen LogP contribution < -0.4 is 5.32 Å². The maximum Gasteiger partial charge on any atom is 0.341 e. The minimum absolute atomic E-state index is 0.0975. The average Bonchev–Trinajstić information content (AvgIpc) is 3.31. The number of nitrogens with zero attached hydrogens (tertiary/aromatic N) is 2. The van der Waals surface area contributed by atoms with E-state index in [1.807, 2.05) is 31.2 Å². The van der Waals surface area contributed by atoms with E-state index in [1.165, 1.54) is 28.0 Å². The van der Waals surface area contributed by atoms with Gasteiger partial charge in [0.15, 0.2) is 0 Å². The minimum atomic E-state index is -0.366. The molecule has 1 amide bonds. The van der Waals surface area contributed by atoms with Crippen LogP contribution in [-0.4, -0.2) is 34.4 Å². The highest BCUT2D eigenvalue weighted by Gasteiger charge is 2.26. The van der Waals surface area contributed by atoms with Gasteiger partial charge in [-0.25, -0.2) is 4.79 Å². The first-order valence-electron chi connectivity index (χ1n) is 10.7. The quantitative estimate of drug-likeness (QED) is 0.284. The highest BCUT2D eigenvalue weighted by molar-refractivity contribution is 7.99. The summed E-state index contributed by atoms with van der Waals surface area (Å²) in [5.41, 5.74) is 3.46. The molecule has 9 heteroatoms. The lowest BCUT2D eigenvalue weighted by Crippen LogP contribution is -2.16. The van der Waals surface area contributed by atoms with Gasteiger partial charge in [0.05, 0.1) is 17.9 Å². The number of benzene rings is 1. The number of thiophene rings is 1. The Labute approximate surface area is 195 Å². The van der Waals surface area contributed by atoms with Crippen LogP contribution in [-0.2, 0) is 22.4 Å². The molecule has 0 atom stereocenters. The first kappa shape index (κ1) is 22.5. The highest BCUT2D eigenvalue weighted by atomic mass is 32.2. The second kappa shape index (κ2) is 10.3. The van der Waals surface area contributed by atoms with Crippen LogP contribution in [0.1, 0.15) is 52.5 Å². The molecule has 0 radical (unpaired) electrons. The standard InChI is InChI=1S/C23H25N3O4S2/c1-3-29-22(28)19-16-11-5-4-6-12-17(16)32-21(19)24-18(27)13-31-23-26-25-20(30-23)15-10-8-7-9-14(15)2/h7-10H,3-6,11-13H2,1-2H3,(H,24,27). The van der Waals surface area contributed by atoms with E-state index in [0.717, 1.165) is 48.8 Å². The van der Waals surface area contributed by atoms with Gasteiger partial charge < -0.3 is 14.5 Å². The van der Waals surface area contributed by atoms with E-state index in [9.17, 15) is 9.59 Å². The van der Waals surface area contributed by atoms with E-state index in [0.29, 0.717) is 28.3 Å². The van der Waals surface area contributed by atoms with Crippen LogP contribution in [0, 0.1) is 6.92 Å². The Morgan fingerprint density at radius 2 is 2.00 bits per heavy atom. The number of nitrogens with one attached hydrogen (secondary N) is 1. The molecule has 0 saturated heterocycles. The molecule has 2 heterocycles. The van der Waals surface area contributed by atoms with Crippen LogP contribution in [0.15, 0.2) is 33.9 Å². The molecule has 0 unspecified atom stereocenters. The lowest BCUT2D eigenvalue weighted by Gasteiger charge is -2.08. The zero-order valence-corrected chi connectivity index (χ0v) is 19.7. The number of aromatic nitrogens is 2. The molecule has 7 nitrogen and oxygen atoms in total. The molecule has 4 rings (SSSR count). The Morgan fingerprint density at radius 3 is 2.81 bits per heavy atom. The number of carbonyl (C=O) groups excluding carboxylic acids is 2. The van der Waals surface area contributed by atoms with Gasteiger partial charge in [-0.1, -0.05) is 36.4 Å². The third-order valence-corrected chi connectivity index (χ3v) is 7.29. The summed E-state index contributed by atoms with van der Waals surface area (Å²) < 4.78 is 11.0. The third-order valence-electron chi connectivity index (χ3n) is 5.26. The van der Waals surface area contributed by atoms with Crippen LogP contribution in [0.2, 0.25) is 0 Å². The van der Waals surface area contributed by atoms with E-state index in [1.54, 1.807) is 6.92 Å². The van der Waals surface area contributed by atoms with Crippen LogP contribution in [0.5, 0.6) is 0 Å². The molecule has 0 aliphatic heterocycles. The fourth-order valence-corrected chi connectivity index (χ4v) is 5.59. The highest BCUT2D eigenvalue weighted by Crippen LogP contribution is 2.38. The Hall–Kier alpha value is -2.65. The number of aryl methyl sites for hydroxylation is 2. The Balaban J connectivity index is 1.44. The molecular formula is C23H25N3O4S2. The number of fused-ring (bicyclic) bond motifs is 1. The normalized spacial score (nSPS) is 13.3. The second-order valence-electron chi connectivity index (χ2n) is 7.51. The van der Waals surface area contributed by atoms with Crippen LogP contribution in [0.3, 0.4) is 0 Å². The summed E-state index contributed by atoms with van der Waals surface area (Å²) in [7, 11) is 0. The number of carbonyl (C=O) groups is 2. The van der Waals surface area contributed by atoms with Crippen molar-refractivity contribution in [2.75, 3.05) is 17.7 Å². The van der Waals surface area contributed by atoms with E-state index in [4.69, 9.17) is 9.15 Å². The van der Waals surface area contributed by atoms with Gasteiger partial charge in [-0.2, -0.15) is 0 Å². The maximum atomic E-state index is 12.7. The summed E-state index contributed by atoms with van der Waals surface area (Å²) in [4.78, 5) is 26.5. The molecule has 1 aliphatic carbocycles. The molecule has 3 aromatic rings. The van der Waals surface area contributed by atoms with Crippen molar-refractivity contribution in [3.8, 4) is 11.5 Å². The monoisotopic (exact) mass is 471 g/mol. The second-order valence-corrected chi connectivity index (χ2v) is 9.55. The molecule has 0 fully saturated rings. The van der Waals surface area contributed by atoms with Crippen molar-refractivity contribution in [1.29, 1.82) is 0 Å². The predicted molar refractivity (Wildman–Crippen MR) is 125 cm³/mol. The van der Waals surface area contributed by atoms with Gasteiger partial charge in [0.2, 0.25) is 11.8 Å². The van der Waals surface area contributed by atoms with Crippen molar-refractivity contribution in [2.24, 2.45) is 0 Å². The van der Waals surface area contributed by atoms with E-state index in [-0.39, 0.29) is 17.6 Å². The lowest BCUT2D eigenvalue weighted by atomic mass is 10.1. The van der Waals surface area contributed by atoms with Crippen molar-refractivity contribution >= 4 is 40.0 Å². The van der Waals surface area contributed by atoms with Crippen molar-refractivity contribution in [2.45, 2.75) is 51.2 Å². The van der Waals surface area contributed by atoms with Crippen LogP contribution >= 0.6 is 23.1 Å². The molecule has 1 N–H and O–H groups in total. The van der Waals surface area contributed by atoms with Crippen molar-refractivity contribution < 1.29 is 18.7 Å². The number of rotatable bonds is 7. The minimum Gasteiger partial charge on any atom is -0.462 e. The van der Waals surface area contributed by atoms with Gasteiger partial charge in [0, 0.05) is 10.4 Å². The fraction of sp³-hybridized carbons (Fsp3) is 0.391. The number of hydrogen-bond acceptors (Lipinski definition) is 8. The van der Waals surface area contributed by atoms with Crippen molar-refractivity contribution in [1.82, 2.24) is 10.2 Å². The zero-order chi connectivity index (χ0) is 22.5. The zero-order valence-electron chi connectivity index (χ0n) is 18.1. The largest absolute Gasteiger partial charge is 0.462 e. The summed E-state index contributed by atoms with van der Waals surface area (Å²) >= 11 is 2.66. The van der Waals surface area contributed by atoms with Gasteiger partial charge in [-0.05, 0) is 56.7 Å². The van der Waals surface area contributed by atoms with Crippen molar-refractivity contribution in [3.05, 3.63) is 45.8 Å². The van der Waals surface area contributed by atoms with Crippen molar-refractivity contribution in [3.63, 3.8) is 0 Å². The van der Waals surface area contributed by atoms with E-state index in [2.05, 4.69) is 15.5 Å². The summed E-state index contributed by atoms with van der Waals surface area (Å²) in [5, 5.41) is 11.9. The molecule has 0 spiro atoms. The number of amides is 1. The van der Waals surface area contributed by atoms with Crippen LogP contribution in [0.25, 0.3) is 11.5 Å². The van der Waals surface area contributed by atoms with Gasteiger partial charge in [-0.3, -0.25) is 4.79 Å². The first-order valence-corrected chi connectivity index (χ1v) is 12.5. The Morgan fingerprint density at radius 1 is 1.19 bits per heavy atom. The third kappa shape index (κ3) is 5.05. The van der Waals surface area contributed by atoms with Gasteiger partial charge in [-0.15, -0.1) is 21.5 Å². The molecule has 168 valence electrons. The Bertz CT molecular complexity index is 1120. The molecule has 2 aromatic heterocycles. The topological polar surface area (TPSA) is 94.3 Å². The molecule has 32 heavy (non-hydrogen) atoms. The van der Waals surface area contributed by atoms with Gasteiger partial charge in [0.1, 0.15) is 5.00 Å². The predicted octanol–water partition coefficient (Wildman–Crippen LogP) is 5.28. The van der Waals surface area contributed by atoms with Gasteiger partial charge in [0.25, 0.3) is 5.22 Å². The number of esters is 1. The molecular weight excluding hydrogens is 446 g/mol. The maximum absolute atomic E-state index is 12.7. The first-order chi connectivity index (χ1) is 15.6. The number of ether oxygens (including phenoxy) is 1. The smallest absolute Gasteiger partial charge is 0.341 e. The van der Waals surface area contributed by atoms with Gasteiger partial charge >= 0.3 is 5.97 Å². The summed E-state index contributed by atoms with van der Waals surface area (Å²) in [6, 6.07) is 7.76. The average molecular weight is 472 g/mol. The number of anilines is 1. The van der Waals surface area contributed by atoms with Crippen LogP contribution in [0.4, 0.5) is 5.00 Å². The lowest BCUT2D eigenvalue weighted by molar-refractivity contribution is -0.113. The molecule has 0 saturated carbocycles. The molecule has 1 aromatic carbocycles. The Kier molecular flexibility index (Phi) is 7.26. The number of hydrogen-bond donors (Lipinski definition) is 1. The number of thioether (sulfide) groups is 1. The summed E-state index contributed by atoms with van der Waals surface area (Å²) in [6.07, 6.45) is 5.06. The SMILES string of the molecule is CCOC(=O)c1c(NC(=O)CSc2nnc(-c3ccccc3C)o2)sc2c1CCCCC2. The van der Waals surface area contributed by atoms with E-state index >= 15 is 0 Å². The molecule has 1 aliphatic rings. The summed E-state index contributed by atoms with van der Waals surface area (Å²) in [6.45, 7) is 4.06.